The number of fused-ring (bicyclic) bond motifs is 2. The number of nitriles is 1. The van der Waals surface area contributed by atoms with Crippen molar-refractivity contribution < 1.29 is 4.79 Å². The minimum absolute atomic E-state index is 0.239. The van der Waals surface area contributed by atoms with Crippen LogP contribution in [0.3, 0.4) is 0 Å². The number of carbonyl (C=O) groups is 1. The summed E-state index contributed by atoms with van der Waals surface area (Å²) in [5.41, 5.74) is 1.98. The predicted molar refractivity (Wildman–Crippen MR) is 119 cm³/mol. The Bertz CT molecular complexity index is 1110. The fourth-order valence-electron chi connectivity index (χ4n) is 3.85. The predicted octanol–water partition coefficient (Wildman–Crippen LogP) is 6.89. The Morgan fingerprint density at radius 3 is 2.71 bits per heavy atom. The Labute approximate surface area is 178 Å². The molecule has 6 heteroatoms. The molecule has 0 aliphatic heterocycles. The van der Waals surface area contributed by atoms with Gasteiger partial charge in [0.1, 0.15) is 15.9 Å². The van der Waals surface area contributed by atoms with Crippen LogP contribution in [-0.2, 0) is 12.8 Å². The van der Waals surface area contributed by atoms with E-state index in [1.54, 1.807) is 11.3 Å². The molecule has 1 N–H and O–H groups in total. The first kappa shape index (κ1) is 19.4. The van der Waals surface area contributed by atoms with Crippen LogP contribution < -0.4 is 5.32 Å². The topological polar surface area (TPSA) is 52.9 Å². The van der Waals surface area contributed by atoms with E-state index in [-0.39, 0.29) is 11.3 Å². The maximum atomic E-state index is 12.9. The second-order valence-electron chi connectivity index (χ2n) is 8.32. The molecule has 0 spiro atoms. The van der Waals surface area contributed by atoms with Gasteiger partial charge >= 0.3 is 0 Å². The van der Waals surface area contributed by atoms with Crippen molar-refractivity contribution in [1.29, 1.82) is 5.26 Å². The zero-order valence-corrected chi connectivity index (χ0v) is 18.4. The molecule has 1 aliphatic rings. The zero-order chi connectivity index (χ0) is 20.1. The fraction of sp³-hybridized carbons (Fsp3) is 0.364. The lowest BCUT2D eigenvalue weighted by Gasteiger charge is -2.33. The van der Waals surface area contributed by atoms with Gasteiger partial charge in [-0.3, -0.25) is 4.79 Å². The minimum atomic E-state index is -0.242. The molecule has 1 amide bonds. The number of nitrogens with zero attached hydrogens (tertiary/aromatic N) is 1. The molecule has 144 valence electrons. The first-order valence-corrected chi connectivity index (χ1v) is 11.3. The molecule has 1 unspecified atom stereocenters. The first-order valence-electron chi connectivity index (χ1n) is 9.32. The van der Waals surface area contributed by atoms with Gasteiger partial charge in [0.25, 0.3) is 5.91 Å². The van der Waals surface area contributed by atoms with Crippen LogP contribution in [0.5, 0.6) is 0 Å². The number of hydrogen-bond acceptors (Lipinski definition) is 4. The highest BCUT2D eigenvalue weighted by Gasteiger charge is 2.32. The Kier molecular flexibility index (Phi) is 4.99. The third-order valence-corrected chi connectivity index (χ3v) is 8.41. The molecule has 3 aromatic rings. The summed E-state index contributed by atoms with van der Waals surface area (Å²) < 4.78 is 0.983. The third-order valence-electron chi connectivity index (χ3n) is 5.57. The Morgan fingerprint density at radius 2 is 2.04 bits per heavy atom. The average Bonchev–Trinajstić information content (AvgIpc) is 3.17. The van der Waals surface area contributed by atoms with Gasteiger partial charge in [-0.25, -0.2) is 0 Å². The molecule has 1 aliphatic carbocycles. The van der Waals surface area contributed by atoms with E-state index < -0.39 is 0 Å². The fourth-order valence-corrected chi connectivity index (χ4v) is 6.54. The van der Waals surface area contributed by atoms with Gasteiger partial charge in [-0.2, -0.15) is 5.26 Å². The first-order chi connectivity index (χ1) is 13.3. The van der Waals surface area contributed by atoms with Gasteiger partial charge in [0.15, 0.2) is 0 Å². The van der Waals surface area contributed by atoms with E-state index >= 15 is 0 Å². The number of benzene rings is 1. The summed E-state index contributed by atoms with van der Waals surface area (Å²) in [5.74, 6) is 0.347. The highest BCUT2D eigenvalue weighted by atomic mass is 35.5. The summed E-state index contributed by atoms with van der Waals surface area (Å²) >= 11 is 9.38. The van der Waals surface area contributed by atoms with Crippen molar-refractivity contribution in [2.24, 2.45) is 11.3 Å². The molecule has 4 rings (SSSR count). The Hall–Kier alpha value is -1.87. The molecule has 3 nitrogen and oxygen atoms in total. The summed E-state index contributed by atoms with van der Waals surface area (Å²) in [5, 5.41) is 14.7. The van der Waals surface area contributed by atoms with Gasteiger partial charge in [0.2, 0.25) is 0 Å². The van der Waals surface area contributed by atoms with Crippen LogP contribution in [0.15, 0.2) is 24.3 Å². The zero-order valence-electron chi connectivity index (χ0n) is 16.1. The molecule has 1 aromatic carbocycles. The van der Waals surface area contributed by atoms with Crippen LogP contribution in [0.25, 0.3) is 10.1 Å². The van der Waals surface area contributed by atoms with E-state index in [0.29, 0.717) is 26.4 Å². The molecular weight excluding hydrogens is 408 g/mol. The van der Waals surface area contributed by atoms with Crippen LogP contribution >= 0.6 is 34.3 Å². The number of amides is 1. The number of halogens is 1. The SMILES string of the molecule is CC(C)(C)C1CCc2c(sc(NC(=O)c3sc4ccccc4c3Cl)c2C#N)C1. The summed E-state index contributed by atoms with van der Waals surface area (Å²) in [4.78, 5) is 14.6. The highest BCUT2D eigenvalue weighted by molar-refractivity contribution is 7.22. The van der Waals surface area contributed by atoms with Crippen molar-refractivity contribution in [2.45, 2.75) is 40.0 Å². The standard InChI is InChI=1S/C22H21ClN2OS2/c1-22(2,3)12-8-9-13-15(11-24)21(28-17(13)10-12)25-20(26)19-18(23)14-6-4-5-7-16(14)27-19/h4-7,12H,8-10H2,1-3H3,(H,25,26). The van der Waals surface area contributed by atoms with Crippen molar-refractivity contribution in [1.82, 2.24) is 0 Å². The number of hydrogen-bond donors (Lipinski definition) is 1. The van der Waals surface area contributed by atoms with Crippen molar-refractivity contribution in [3.63, 3.8) is 0 Å². The second kappa shape index (κ2) is 7.18. The number of thiophene rings is 2. The van der Waals surface area contributed by atoms with Crippen molar-refractivity contribution >= 4 is 55.3 Å². The molecule has 28 heavy (non-hydrogen) atoms. The van der Waals surface area contributed by atoms with E-state index in [1.807, 2.05) is 24.3 Å². The van der Waals surface area contributed by atoms with E-state index in [2.05, 4.69) is 32.2 Å². The van der Waals surface area contributed by atoms with E-state index in [0.717, 1.165) is 34.9 Å². The van der Waals surface area contributed by atoms with E-state index in [9.17, 15) is 10.1 Å². The summed E-state index contributed by atoms with van der Waals surface area (Å²) in [7, 11) is 0. The summed E-state index contributed by atoms with van der Waals surface area (Å²) in [6, 6.07) is 10.0. The molecule has 2 aromatic heterocycles. The van der Waals surface area contributed by atoms with Crippen LogP contribution in [-0.4, -0.2) is 5.91 Å². The monoisotopic (exact) mass is 428 g/mol. The van der Waals surface area contributed by atoms with Crippen LogP contribution in [0.4, 0.5) is 5.00 Å². The Balaban J connectivity index is 1.65. The molecule has 0 fully saturated rings. The number of rotatable bonds is 2. The van der Waals surface area contributed by atoms with Gasteiger partial charge in [-0.15, -0.1) is 22.7 Å². The number of anilines is 1. The minimum Gasteiger partial charge on any atom is -0.312 e. The smallest absolute Gasteiger partial charge is 0.267 e. The molecule has 1 atom stereocenters. The second-order valence-corrected chi connectivity index (χ2v) is 10.9. The van der Waals surface area contributed by atoms with Crippen molar-refractivity contribution in [3.05, 3.63) is 50.2 Å². The third kappa shape index (κ3) is 3.34. The van der Waals surface area contributed by atoms with Crippen LogP contribution in [0.1, 0.15) is 52.9 Å². The largest absolute Gasteiger partial charge is 0.312 e. The van der Waals surface area contributed by atoms with Gasteiger partial charge in [0.05, 0.1) is 10.6 Å². The maximum absolute atomic E-state index is 12.9. The van der Waals surface area contributed by atoms with Crippen molar-refractivity contribution in [2.75, 3.05) is 5.32 Å². The normalized spacial score (nSPS) is 16.6. The van der Waals surface area contributed by atoms with Gasteiger partial charge < -0.3 is 5.32 Å². The molecule has 0 bridgehead atoms. The number of nitrogens with one attached hydrogen (secondary N) is 1. The quantitative estimate of drug-likeness (QED) is 0.483. The van der Waals surface area contributed by atoms with E-state index in [1.165, 1.54) is 16.2 Å². The lowest BCUT2D eigenvalue weighted by Crippen LogP contribution is -2.26. The van der Waals surface area contributed by atoms with E-state index in [4.69, 9.17) is 11.6 Å². The summed E-state index contributed by atoms with van der Waals surface area (Å²) in [6.45, 7) is 6.81. The van der Waals surface area contributed by atoms with Gasteiger partial charge in [-0.1, -0.05) is 50.6 Å². The molecule has 0 saturated heterocycles. The van der Waals surface area contributed by atoms with Gasteiger partial charge in [-0.05, 0) is 42.2 Å². The lowest BCUT2D eigenvalue weighted by atomic mass is 9.72. The summed E-state index contributed by atoms with van der Waals surface area (Å²) in [6.07, 6.45) is 2.95. The molecular formula is C22H21ClN2OS2. The Morgan fingerprint density at radius 1 is 1.29 bits per heavy atom. The molecule has 0 radical (unpaired) electrons. The maximum Gasteiger partial charge on any atom is 0.267 e. The van der Waals surface area contributed by atoms with Gasteiger partial charge in [0, 0.05) is 15.0 Å². The molecule has 0 saturated carbocycles. The highest BCUT2D eigenvalue weighted by Crippen LogP contribution is 2.44. The number of carbonyl (C=O) groups excluding carboxylic acids is 1. The average molecular weight is 429 g/mol. The van der Waals surface area contributed by atoms with Crippen LogP contribution in [0.2, 0.25) is 5.02 Å². The lowest BCUT2D eigenvalue weighted by molar-refractivity contribution is 0.103. The van der Waals surface area contributed by atoms with Crippen molar-refractivity contribution in [3.8, 4) is 6.07 Å². The van der Waals surface area contributed by atoms with Crippen LogP contribution in [0, 0.1) is 22.7 Å². The molecule has 2 heterocycles.